The number of hydrogen-bond donors (Lipinski definition) is 2. The van der Waals surface area contributed by atoms with Crippen LogP contribution in [0.15, 0.2) is 28.7 Å². The fourth-order valence-electron chi connectivity index (χ4n) is 2.50. The van der Waals surface area contributed by atoms with Gasteiger partial charge in [0.25, 0.3) is 0 Å². The molecule has 2 aromatic rings. The number of unbranched alkanes of at least 4 members (excludes halogenated alkanes) is 5. The van der Waals surface area contributed by atoms with Crippen molar-refractivity contribution in [2.24, 2.45) is 0 Å². The van der Waals surface area contributed by atoms with Gasteiger partial charge in [0.2, 0.25) is 5.89 Å². The zero-order valence-electron chi connectivity index (χ0n) is 18.3. The van der Waals surface area contributed by atoms with Crippen molar-refractivity contribution < 1.29 is 19.4 Å². The first-order valence-corrected chi connectivity index (χ1v) is 10.7. The minimum Gasteiger partial charge on any atom is -0.494 e. The van der Waals surface area contributed by atoms with Crippen LogP contribution in [0.5, 0.6) is 5.75 Å². The normalized spacial score (nSPS) is 9.82. The number of rotatable bonds is 11. The summed E-state index contributed by atoms with van der Waals surface area (Å²) in [5, 5.41) is 17.9. The van der Waals surface area contributed by atoms with Crippen LogP contribution in [-0.2, 0) is 6.61 Å². The van der Waals surface area contributed by atoms with Crippen LogP contribution in [-0.4, -0.2) is 28.4 Å². The lowest BCUT2D eigenvalue weighted by Gasteiger charge is -2.06. The fourth-order valence-corrected chi connectivity index (χ4v) is 2.50. The van der Waals surface area contributed by atoms with Crippen LogP contribution in [0, 0.1) is 6.92 Å². The summed E-state index contributed by atoms with van der Waals surface area (Å²) >= 11 is 0. The molecule has 0 aliphatic rings. The van der Waals surface area contributed by atoms with Crippen molar-refractivity contribution in [3.05, 3.63) is 35.7 Å². The van der Waals surface area contributed by atoms with Gasteiger partial charge in [-0.25, -0.2) is 4.98 Å². The topological polar surface area (TPSA) is 75.7 Å². The van der Waals surface area contributed by atoms with Crippen LogP contribution < -0.4 is 4.74 Å². The molecule has 2 rings (SSSR count). The van der Waals surface area contributed by atoms with Gasteiger partial charge in [-0.3, -0.25) is 0 Å². The number of nitrogens with zero attached hydrogens (tertiary/aromatic N) is 1. The summed E-state index contributed by atoms with van der Waals surface area (Å²) in [6, 6.07) is 7.65. The Bertz CT molecular complexity index is 593. The van der Waals surface area contributed by atoms with Gasteiger partial charge in [0.1, 0.15) is 17.2 Å². The van der Waals surface area contributed by atoms with Crippen LogP contribution in [0.1, 0.15) is 77.7 Å². The zero-order chi connectivity index (χ0) is 21.2. The summed E-state index contributed by atoms with van der Waals surface area (Å²) in [5.41, 5.74) is 1.44. The molecule has 0 amide bonds. The lowest BCUT2D eigenvalue weighted by molar-refractivity contribution is 0.275. The fraction of sp³-hybridized carbons (Fsp3) is 0.609. The molecule has 0 unspecified atom stereocenters. The zero-order valence-corrected chi connectivity index (χ0v) is 18.3. The lowest BCUT2D eigenvalue weighted by atomic mass is 10.1. The molecule has 0 spiro atoms. The van der Waals surface area contributed by atoms with Crippen LogP contribution in [0.3, 0.4) is 0 Å². The van der Waals surface area contributed by atoms with Gasteiger partial charge in [-0.2, -0.15) is 0 Å². The van der Waals surface area contributed by atoms with Gasteiger partial charge in [0, 0.05) is 12.2 Å². The molecule has 0 radical (unpaired) electrons. The van der Waals surface area contributed by atoms with E-state index in [1.807, 2.05) is 52.0 Å². The smallest absolute Gasteiger partial charge is 0.226 e. The molecule has 0 aliphatic heterocycles. The van der Waals surface area contributed by atoms with Crippen molar-refractivity contribution in [2.75, 3.05) is 13.2 Å². The molecule has 0 saturated heterocycles. The third-order valence-electron chi connectivity index (χ3n) is 3.96. The van der Waals surface area contributed by atoms with Gasteiger partial charge >= 0.3 is 0 Å². The molecule has 1 aromatic heterocycles. The van der Waals surface area contributed by atoms with Gasteiger partial charge in [-0.15, -0.1) is 0 Å². The van der Waals surface area contributed by atoms with E-state index in [0.29, 0.717) is 30.6 Å². The summed E-state index contributed by atoms with van der Waals surface area (Å²) in [7, 11) is 0. The monoisotopic (exact) mass is 393 g/mol. The molecule has 2 N–H and O–H groups in total. The lowest BCUT2D eigenvalue weighted by Crippen LogP contribution is -1.97. The molecule has 5 nitrogen and oxygen atoms in total. The largest absolute Gasteiger partial charge is 0.494 e. The maximum absolute atomic E-state index is 9.17. The molecule has 160 valence electrons. The Balaban J connectivity index is 0.00000171. The molecule has 0 bridgehead atoms. The first-order chi connectivity index (χ1) is 13.7. The van der Waals surface area contributed by atoms with E-state index in [9.17, 15) is 5.11 Å². The highest BCUT2D eigenvalue weighted by Gasteiger charge is 2.10. The highest BCUT2D eigenvalue weighted by atomic mass is 16.5. The number of aliphatic hydroxyl groups is 2. The maximum Gasteiger partial charge on any atom is 0.226 e. The summed E-state index contributed by atoms with van der Waals surface area (Å²) in [4.78, 5) is 4.27. The Morgan fingerprint density at radius 1 is 0.857 bits per heavy atom. The molecule has 0 aliphatic carbocycles. The molecule has 5 heteroatoms. The quantitative estimate of drug-likeness (QED) is 0.464. The Morgan fingerprint density at radius 3 is 1.96 bits per heavy atom. The van der Waals surface area contributed by atoms with Gasteiger partial charge < -0.3 is 19.4 Å². The number of ether oxygens (including phenoxy) is 1. The second-order valence-corrected chi connectivity index (χ2v) is 5.90. The minimum absolute atomic E-state index is 0.115. The Morgan fingerprint density at radius 2 is 1.43 bits per heavy atom. The van der Waals surface area contributed by atoms with E-state index in [1.165, 1.54) is 12.8 Å². The Labute approximate surface area is 170 Å². The van der Waals surface area contributed by atoms with E-state index >= 15 is 0 Å². The highest BCUT2D eigenvalue weighted by molar-refractivity contribution is 5.55. The summed E-state index contributed by atoms with van der Waals surface area (Å²) < 4.78 is 11.3. The van der Waals surface area contributed by atoms with Crippen molar-refractivity contribution in [1.29, 1.82) is 0 Å². The van der Waals surface area contributed by atoms with E-state index in [2.05, 4.69) is 4.98 Å². The molecule has 0 atom stereocenters. The predicted octanol–water partition coefficient (Wildman–Crippen LogP) is 5.91. The van der Waals surface area contributed by atoms with Crippen molar-refractivity contribution in [1.82, 2.24) is 4.98 Å². The van der Waals surface area contributed by atoms with Crippen LogP contribution in [0.2, 0.25) is 0 Å². The number of oxazole rings is 1. The second kappa shape index (κ2) is 17.3. The molecule has 0 fully saturated rings. The first kappa shape index (κ1) is 26.1. The molecule has 0 saturated carbocycles. The standard InChI is InChI=1S/C19H27NO4.2C2H6/c1-15-18(14-22)20-19(24-15)16-8-10-17(11-9-16)23-13-7-5-3-2-4-6-12-21;2*1-2/h8-11,21-22H,2-7,12-14H2,1H3;2*1-2H3. The number of benzene rings is 1. The summed E-state index contributed by atoms with van der Waals surface area (Å²) in [5.74, 6) is 2.00. The number of aryl methyl sites for hydroxylation is 1. The Kier molecular flexibility index (Phi) is 16.1. The van der Waals surface area contributed by atoms with Crippen molar-refractivity contribution in [3.63, 3.8) is 0 Å². The van der Waals surface area contributed by atoms with Crippen molar-refractivity contribution in [2.45, 2.75) is 79.8 Å². The average Bonchev–Trinajstić information content (AvgIpc) is 3.14. The number of hydrogen-bond acceptors (Lipinski definition) is 5. The molecule has 28 heavy (non-hydrogen) atoms. The maximum atomic E-state index is 9.17. The van der Waals surface area contributed by atoms with E-state index in [0.717, 1.165) is 37.0 Å². The van der Waals surface area contributed by atoms with Crippen LogP contribution in [0.25, 0.3) is 11.5 Å². The number of aromatic nitrogens is 1. The van der Waals surface area contributed by atoms with Crippen LogP contribution in [0.4, 0.5) is 0 Å². The van der Waals surface area contributed by atoms with E-state index in [1.54, 1.807) is 6.92 Å². The average molecular weight is 394 g/mol. The third-order valence-corrected chi connectivity index (χ3v) is 3.96. The van der Waals surface area contributed by atoms with Crippen molar-refractivity contribution >= 4 is 0 Å². The molecular weight excluding hydrogens is 354 g/mol. The minimum atomic E-state index is -0.115. The van der Waals surface area contributed by atoms with Gasteiger partial charge in [0.05, 0.1) is 13.2 Å². The molecule has 1 aromatic carbocycles. The van der Waals surface area contributed by atoms with Gasteiger partial charge in [0.15, 0.2) is 0 Å². The summed E-state index contributed by atoms with van der Waals surface area (Å²) in [6.45, 7) is 10.7. The highest BCUT2D eigenvalue weighted by Crippen LogP contribution is 2.24. The summed E-state index contributed by atoms with van der Waals surface area (Å²) in [6.07, 6.45) is 6.59. The first-order valence-electron chi connectivity index (χ1n) is 10.7. The van der Waals surface area contributed by atoms with Crippen LogP contribution >= 0.6 is 0 Å². The second-order valence-electron chi connectivity index (χ2n) is 5.90. The molecule has 1 heterocycles. The van der Waals surface area contributed by atoms with Gasteiger partial charge in [-0.05, 0) is 44.0 Å². The van der Waals surface area contributed by atoms with Gasteiger partial charge in [-0.1, -0.05) is 53.4 Å². The predicted molar refractivity (Wildman–Crippen MR) is 116 cm³/mol. The van der Waals surface area contributed by atoms with E-state index in [-0.39, 0.29) is 6.61 Å². The van der Waals surface area contributed by atoms with E-state index < -0.39 is 0 Å². The molecular formula is C23H39NO4. The van der Waals surface area contributed by atoms with E-state index in [4.69, 9.17) is 14.3 Å². The number of aliphatic hydroxyl groups excluding tert-OH is 2. The third kappa shape index (κ3) is 9.90. The Hall–Kier alpha value is -1.85. The van der Waals surface area contributed by atoms with Crippen molar-refractivity contribution in [3.8, 4) is 17.2 Å². The SMILES string of the molecule is CC.CC.Cc1oc(-c2ccc(OCCCCCCCCO)cc2)nc1CO.